The minimum absolute atomic E-state index is 0.00608. The maximum Gasteiger partial charge on any atom is 0.319 e. The Morgan fingerprint density at radius 2 is 2.02 bits per heavy atom. The van der Waals surface area contributed by atoms with Gasteiger partial charge in [-0.2, -0.15) is 9.97 Å². The second kappa shape index (κ2) is 10.7. The fourth-order valence-electron chi connectivity index (χ4n) is 8.66. The smallest absolute Gasteiger partial charge is 0.319 e. The Hall–Kier alpha value is -3.63. The lowest BCUT2D eigenvalue weighted by atomic mass is 9.87. The van der Waals surface area contributed by atoms with Crippen LogP contribution in [0, 0.1) is 23.0 Å². The maximum absolute atomic E-state index is 16.9. The van der Waals surface area contributed by atoms with E-state index in [1.165, 1.54) is 12.1 Å². The zero-order valence-electron chi connectivity index (χ0n) is 25.9. The van der Waals surface area contributed by atoms with Crippen LogP contribution in [0.4, 0.5) is 14.6 Å². The molecule has 2 aromatic heterocycles. The van der Waals surface area contributed by atoms with E-state index in [0.29, 0.717) is 58.7 Å². The fourth-order valence-corrected chi connectivity index (χ4v) is 8.66. The number of aromatic nitrogens is 3. The van der Waals surface area contributed by atoms with E-state index in [-0.39, 0.29) is 39.7 Å². The molecule has 0 bridgehead atoms. The molecular formula is C35H39F2N5O3. The molecule has 1 unspecified atom stereocenters. The maximum atomic E-state index is 16.9. The lowest BCUT2D eigenvalue weighted by Crippen LogP contribution is -2.43. The number of aryl methyl sites for hydroxylation is 1. The summed E-state index contributed by atoms with van der Waals surface area (Å²) in [5, 5.41) is 12.2. The number of phenols is 1. The van der Waals surface area contributed by atoms with Crippen LogP contribution in [-0.2, 0) is 11.2 Å². The average Bonchev–Trinajstić information content (AvgIpc) is 3.81. The Kier molecular flexibility index (Phi) is 6.87. The molecule has 4 aliphatic heterocycles. The van der Waals surface area contributed by atoms with Gasteiger partial charge in [0.25, 0.3) is 0 Å². The van der Waals surface area contributed by atoms with Gasteiger partial charge in [-0.1, -0.05) is 19.9 Å². The molecule has 0 amide bonds. The van der Waals surface area contributed by atoms with Gasteiger partial charge in [0.2, 0.25) is 0 Å². The third kappa shape index (κ3) is 4.71. The van der Waals surface area contributed by atoms with Gasteiger partial charge in [-0.05, 0) is 85.5 Å². The van der Waals surface area contributed by atoms with Gasteiger partial charge in [0.05, 0.1) is 17.5 Å². The van der Waals surface area contributed by atoms with Crippen molar-refractivity contribution in [1.29, 1.82) is 0 Å². The predicted molar refractivity (Wildman–Crippen MR) is 169 cm³/mol. The third-order valence-corrected chi connectivity index (χ3v) is 10.8. The molecule has 4 fully saturated rings. The van der Waals surface area contributed by atoms with Crippen LogP contribution in [0.1, 0.15) is 51.5 Å². The molecule has 8 nitrogen and oxygen atoms in total. The van der Waals surface area contributed by atoms with Crippen LogP contribution in [0.5, 0.6) is 11.8 Å². The van der Waals surface area contributed by atoms with Crippen LogP contribution in [-0.4, -0.2) is 76.5 Å². The van der Waals surface area contributed by atoms with Gasteiger partial charge in [0.15, 0.2) is 5.82 Å². The Morgan fingerprint density at radius 3 is 2.84 bits per heavy atom. The second-order valence-corrected chi connectivity index (χ2v) is 13.8. The molecule has 6 heterocycles. The highest BCUT2D eigenvalue weighted by molar-refractivity contribution is 6.01. The molecule has 3 atom stereocenters. The molecule has 1 spiro atoms. The molecule has 0 saturated carbocycles. The summed E-state index contributed by atoms with van der Waals surface area (Å²) in [6, 6.07) is 6.15. The van der Waals surface area contributed by atoms with Gasteiger partial charge in [0.1, 0.15) is 35.2 Å². The number of pyridine rings is 1. The number of anilines is 1. The lowest BCUT2D eigenvalue weighted by molar-refractivity contribution is 0.107. The van der Waals surface area contributed by atoms with Crippen molar-refractivity contribution in [2.45, 2.75) is 57.9 Å². The van der Waals surface area contributed by atoms with Crippen molar-refractivity contribution >= 4 is 27.5 Å². The number of hydrogen-bond acceptors (Lipinski definition) is 8. The van der Waals surface area contributed by atoms with Crippen molar-refractivity contribution in [3.05, 3.63) is 47.7 Å². The molecule has 4 aromatic rings. The third-order valence-electron chi connectivity index (χ3n) is 10.8. The lowest BCUT2D eigenvalue weighted by Gasteiger charge is -2.31. The number of rotatable bonds is 6. The molecule has 45 heavy (non-hydrogen) atoms. The highest BCUT2D eigenvalue weighted by atomic mass is 19.1. The molecule has 236 valence electrons. The van der Waals surface area contributed by atoms with Crippen molar-refractivity contribution in [3.8, 4) is 23.0 Å². The molecule has 8 rings (SSSR count). The van der Waals surface area contributed by atoms with E-state index >= 15 is 4.39 Å². The van der Waals surface area contributed by atoms with E-state index in [2.05, 4.69) is 26.7 Å². The highest BCUT2D eigenvalue weighted by Gasteiger charge is 2.48. The van der Waals surface area contributed by atoms with Crippen molar-refractivity contribution in [1.82, 2.24) is 19.9 Å². The Morgan fingerprint density at radius 1 is 1.13 bits per heavy atom. The Balaban J connectivity index is 1.26. The first-order valence-corrected chi connectivity index (χ1v) is 16.3. The van der Waals surface area contributed by atoms with Crippen LogP contribution < -0.4 is 9.64 Å². The van der Waals surface area contributed by atoms with Gasteiger partial charge in [-0.15, -0.1) is 0 Å². The first-order valence-electron chi connectivity index (χ1n) is 16.3. The predicted octanol–water partition coefficient (Wildman–Crippen LogP) is 6.26. The van der Waals surface area contributed by atoms with Crippen LogP contribution in [0.2, 0.25) is 0 Å². The van der Waals surface area contributed by atoms with Gasteiger partial charge in [0, 0.05) is 43.4 Å². The number of benzene rings is 2. The van der Waals surface area contributed by atoms with Gasteiger partial charge >= 0.3 is 6.01 Å². The minimum atomic E-state index is -0.646. The van der Waals surface area contributed by atoms with Crippen LogP contribution in [0.15, 0.2) is 30.5 Å². The van der Waals surface area contributed by atoms with E-state index in [0.717, 1.165) is 64.9 Å². The Labute approximate surface area is 261 Å². The molecule has 0 aliphatic carbocycles. The number of nitrogens with zero attached hydrogens (tertiary/aromatic N) is 5. The molecule has 2 aromatic carbocycles. The number of ether oxygens (including phenoxy) is 2. The molecule has 0 radical (unpaired) electrons. The largest absolute Gasteiger partial charge is 0.508 e. The van der Waals surface area contributed by atoms with E-state index in [1.54, 1.807) is 18.3 Å². The SMILES string of the molecule is CCc1c(F)ccc2cc(O)cc(-c3ncc4c(N5CCC6(CCOC6)C5)nc(OC[C@@]56CCCN5C[C@H](C)C6)nc4c3F)c12. The normalized spacial score (nSPS) is 26.6. The van der Waals surface area contributed by atoms with Gasteiger partial charge < -0.3 is 19.5 Å². The highest BCUT2D eigenvalue weighted by Crippen LogP contribution is 2.44. The summed E-state index contributed by atoms with van der Waals surface area (Å²) in [6.07, 6.45) is 7.24. The summed E-state index contributed by atoms with van der Waals surface area (Å²) in [5.74, 6) is 0.134. The molecule has 4 aliphatic rings. The summed E-state index contributed by atoms with van der Waals surface area (Å²) < 4.78 is 44.0. The zero-order chi connectivity index (χ0) is 30.9. The summed E-state index contributed by atoms with van der Waals surface area (Å²) >= 11 is 0. The zero-order valence-corrected chi connectivity index (χ0v) is 25.9. The average molecular weight is 616 g/mol. The standard InChI is InChI=1S/C35H39F2N5O3/c1-3-24-27(36)6-5-22-13-23(43)14-25(28(22)24)30-29(37)31-26(16-38-30)32(41-11-8-34(18-41)9-12-44-19-34)40-33(39-31)45-20-35-7-4-10-42(35)17-21(2)15-35/h5-6,13-14,16,21,43H,3-4,7-12,15,17-20H2,1-2H3/t21-,34?,35+/m1/s1. The second-order valence-electron chi connectivity index (χ2n) is 13.8. The van der Waals surface area contributed by atoms with Crippen LogP contribution >= 0.6 is 0 Å². The number of fused-ring (bicyclic) bond motifs is 3. The number of hydrogen-bond donors (Lipinski definition) is 1. The summed E-state index contributed by atoms with van der Waals surface area (Å²) in [7, 11) is 0. The number of phenolic OH excluding ortho intramolecular Hbond substituents is 1. The minimum Gasteiger partial charge on any atom is -0.508 e. The van der Waals surface area contributed by atoms with Gasteiger partial charge in [-0.25, -0.2) is 8.78 Å². The summed E-state index contributed by atoms with van der Waals surface area (Å²) in [4.78, 5) is 18.9. The number of halogens is 2. The molecule has 1 N–H and O–H groups in total. The van der Waals surface area contributed by atoms with Crippen molar-refractivity contribution < 1.29 is 23.4 Å². The van der Waals surface area contributed by atoms with E-state index in [9.17, 15) is 9.50 Å². The summed E-state index contributed by atoms with van der Waals surface area (Å²) in [5.41, 5.74) is 0.909. The van der Waals surface area contributed by atoms with Crippen molar-refractivity contribution in [2.24, 2.45) is 11.3 Å². The van der Waals surface area contributed by atoms with E-state index < -0.39 is 5.82 Å². The van der Waals surface area contributed by atoms with Crippen molar-refractivity contribution in [2.75, 3.05) is 50.9 Å². The quantitative estimate of drug-likeness (QED) is 0.272. The molecular weight excluding hydrogens is 576 g/mol. The number of aromatic hydroxyl groups is 1. The first-order chi connectivity index (χ1) is 21.8. The van der Waals surface area contributed by atoms with Crippen LogP contribution in [0.3, 0.4) is 0 Å². The first kappa shape index (κ1) is 28.8. The fraction of sp³-hybridized carbons (Fsp3) is 0.514. The van der Waals surface area contributed by atoms with E-state index in [1.807, 2.05) is 6.92 Å². The van der Waals surface area contributed by atoms with Gasteiger partial charge in [-0.3, -0.25) is 9.88 Å². The monoisotopic (exact) mass is 615 g/mol. The molecule has 10 heteroatoms. The van der Waals surface area contributed by atoms with Crippen LogP contribution in [0.25, 0.3) is 32.9 Å². The van der Waals surface area contributed by atoms with Crippen molar-refractivity contribution in [3.63, 3.8) is 0 Å². The topological polar surface area (TPSA) is 83.8 Å². The van der Waals surface area contributed by atoms with E-state index in [4.69, 9.17) is 14.5 Å². The Bertz CT molecular complexity index is 1810. The molecule has 4 saturated heterocycles. The summed E-state index contributed by atoms with van der Waals surface area (Å²) in [6.45, 7) is 9.71.